The van der Waals surface area contributed by atoms with Gasteiger partial charge in [-0.3, -0.25) is 4.79 Å². The summed E-state index contributed by atoms with van der Waals surface area (Å²) >= 11 is 0. The van der Waals surface area contributed by atoms with Crippen LogP contribution in [-0.4, -0.2) is 30.7 Å². The summed E-state index contributed by atoms with van der Waals surface area (Å²) in [7, 11) is 0. The molecule has 1 heterocycles. The van der Waals surface area contributed by atoms with E-state index < -0.39 is 18.1 Å². The Bertz CT molecular complexity index is 323. The number of alkyl halides is 3. The second kappa shape index (κ2) is 8.01. The molecule has 0 aliphatic carbocycles. The number of halogens is 3. The highest BCUT2D eigenvalue weighted by molar-refractivity contribution is 5.82. The van der Waals surface area contributed by atoms with Gasteiger partial charge < -0.3 is 10.6 Å². The number of hydrogen-bond donors (Lipinski definition) is 2. The van der Waals surface area contributed by atoms with Crippen molar-refractivity contribution in [3.63, 3.8) is 0 Å². The number of hydrogen-bond acceptors (Lipinski definition) is 2. The van der Waals surface area contributed by atoms with Gasteiger partial charge in [-0.15, -0.1) is 0 Å². The molecule has 0 saturated carbocycles. The summed E-state index contributed by atoms with van der Waals surface area (Å²) in [4.78, 5) is 12.0. The summed E-state index contributed by atoms with van der Waals surface area (Å²) in [5.74, 6) is -0.857. The molecule has 124 valence electrons. The molecule has 1 fully saturated rings. The fourth-order valence-corrected chi connectivity index (χ4v) is 2.61. The first-order valence-corrected chi connectivity index (χ1v) is 7.80. The lowest BCUT2D eigenvalue weighted by Gasteiger charge is -2.31. The normalized spacial score (nSPS) is 24.9. The molecule has 3 unspecified atom stereocenters. The highest BCUT2D eigenvalue weighted by Crippen LogP contribution is 2.31. The minimum atomic E-state index is -4.17. The standard InChI is InChI=1S/C15H27F3N2O/c1-10(2)5-4-6-11(3)20-14(21)13-8-7-12(9-19-13)15(16,17)18/h10-13,19H,4-9H2,1-3H3,(H,20,21). The fourth-order valence-electron chi connectivity index (χ4n) is 2.61. The summed E-state index contributed by atoms with van der Waals surface area (Å²) in [6, 6.07) is -0.422. The molecule has 1 aliphatic heterocycles. The SMILES string of the molecule is CC(C)CCCC(C)NC(=O)C1CCC(C(F)(F)F)CN1. The minimum absolute atomic E-state index is 0.0241. The molecule has 0 aromatic heterocycles. The van der Waals surface area contributed by atoms with Crippen LogP contribution >= 0.6 is 0 Å². The van der Waals surface area contributed by atoms with Crippen LogP contribution in [0.3, 0.4) is 0 Å². The van der Waals surface area contributed by atoms with Crippen LogP contribution in [0.25, 0.3) is 0 Å². The Kier molecular flexibility index (Phi) is 6.97. The lowest BCUT2D eigenvalue weighted by Crippen LogP contribution is -2.52. The van der Waals surface area contributed by atoms with Crippen LogP contribution in [0, 0.1) is 11.8 Å². The molecule has 2 N–H and O–H groups in total. The third kappa shape index (κ3) is 6.68. The molecule has 1 aliphatic rings. The monoisotopic (exact) mass is 308 g/mol. The van der Waals surface area contributed by atoms with Crippen LogP contribution in [0.5, 0.6) is 0 Å². The molecule has 3 nitrogen and oxygen atoms in total. The van der Waals surface area contributed by atoms with Crippen molar-refractivity contribution in [3.05, 3.63) is 0 Å². The van der Waals surface area contributed by atoms with Gasteiger partial charge in [-0.2, -0.15) is 13.2 Å². The predicted octanol–water partition coefficient (Wildman–Crippen LogP) is 3.25. The van der Waals surface area contributed by atoms with E-state index >= 15 is 0 Å². The van der Waals surface area contributed by atoms with E-state index in [0.717, 1.165) is 19.3 Å². The Morgan fingerprint density at radius 1 is 1.24 bits per heavy atom. The average molecular weight is 308 g/mol. The zero-order valence-corrected chi connectivity index (χ0v) is 13.1. The Morgan fingerprint density at radius 2 is 1.90 bits per heavy atom. The van der Waals surface area contributed by atoms with Crippen LogP contribution in [0.2, 0.25) is 0 Å². The van der Waals surface area contributed by atoms with Gasteiger partial charge in [-0.25, -0.2) is 0 Å². The topological polar surface area (TPSA) is 41.1 Å². The third-order valence-corrected chi connectivity index (χ3v) is 4.00. The largest absolute Gasteiger partial charge is 0.393 e. The molecule has 0 radical (unpaired) electrons. The van der Waals surface area contributed by atoms with Gasteiger partial charge in [0.1, 0.15) is 0 Å². The number of rotatable bonds is 6. The van der Waals surface area contributed by atoms with E-state index in [4.69, 9.17) is 0 Å². The molecule has 1 rings (SSSR count). The van der Waals surface area contributed by atoms with Crippen LogP contribution in [-0.2, 0) is 4.79 Å². The van der Waals surface area contributed by atoms with Gasteiger partial charge in [-0.05, 0) is 32.1 Å². The van der Waals surface area contributed by atoms with Gasteiger partial charge in [0.25, 0.3) is 0 Å². The first kappa shape index (κ1) is 18.3. The second-order valence-corrected chi connectivity index (χ2v) is 6.51. The lowest BCUT2D eigenvalue weighted by atomic mass is 9.93. The van der Waals surface area contributed by atoms with E-state index in [0.29, 0.717) is 5.92 Å². The van der Waals surface area contributed by atoms with Crippen molar-refractivity contribution in [3.8, 4) is 0 Å². The summed E-state index contributed by atoms with van der Waals surface area (Å²) in [6.45, 7) is 6.10. The van der Waals surface area contributed by atoms with Crippen molar-refractivity contribution >= 4 is 5.91 Å². The maximum absolute atomic E-state index is 12.5. The Morgan fingerprint density at radius 3 is 2.38 bits per heavy atom. The second-order valence-electron chi connectivity index (χ2n) is 6.51. The van der Waals surface area contributed by atoms with Gasteiger partial charge >= 0.3 is 6.18 Å². The van der Waals surface area contributed by atoms with Crippen molar-refractivity contribution in [1.29, 1.82) is 0 Å². The molecule has 1 saturated heterocycles. The van der Waals surface area contributed by atoms with Gasteiger partial charge in [-0.1, -0.05) is 26.7 Å². The maximum Gasteiger partial charge on any atom is 0.393 e. The lowest BCUT2D eigenvalue weighted by molar-refractivity contribution is -0.180. The van der Waals surface area contributed by atoms with Gasteiger partial charge in [0.15, 0.2) is 0 Å². The van der Waals surface area contributed by atoms with Crippen molar-refractivity contribution in [2.75, 3.05) is 6.54 Å². The van der Waals surface area contributed by atoms with Crippen molar-refractivity contribution in [2.24, 2.45) is 11.8 Å². The molecule has 0 spiro atoms. The summed E-state index contributed by atoms with van der Waals surface area (Å²) in [6.07, 6.45) is -0.825. The minimum Gasteiger partial charge on any atom is -0.352 e. The smallest absolute Gasteiger partial charge is 0.352 e. The van der Waals surface area contributed by atoms with E-state index in [1.54, 1.807) is 0 Å². The van der Waals surface area contributed by atoms with Gasteiger partial charge in [0.2, 0.25) is 5.91 Å². The van der Waals surface area contributed by atoms with E-state index in [9.17, 15) is 18.0 Å². The summed E-state index contributed by atoms with van der Waals surface area (Å²) < 4.78 is 37.6. The zero-order chi connectivity index (χ0) is 16.0. The molecular weight excluding hydrogens is 281 g/mol. The highest BCUT2D eigenvalue weighted by atomic mass is 19.4. The Balaban J connectivity index is 2.27. The quantitative estimate of drug-likeness (QED) is 0.791. The zero-order valence-electron chi connectivity index (χ0n) is 13.1. The van der Waals surface area contributed by atoms with Crippen molar-refractivity contribution in [2.45, 2.75) is 71.1 Å². The third-order valence-electron chi connectivity index (χ3n) is 4.00. The first-order valence-electron chi connectivity index (χ1n) is 7.80. The number of piperidine rings is 1. The van der Waals surface area contributed by atoms with E-state index in [-0.39, 0.29) is 31.3 Å². The molecule has 21 heavy (non-hydrogen) atoms. The van der Waals surface area contributed by atoms with Crippen LogP contribution < -0.4 is 10.6 Å². The van der Waals surface area contributed by atoms with E-state index in [1.807, 2.05) is 6.92 Å². The van der Waals surface area contributed by atoms with E-state index in [2.05, 4.69) is 24.5 Å². The van der Waals surface area contributed by atoms with Crippen molar-refractivity contribution in [1.82, 2.24) is 10.6 Å². The Hall–Kier alpha value is -0.780. The number of carbonyl (C=O) groups is 1. The molecule has 6 heteroatoms. The van der Waals surface area contributed by atoms with Gasteiger partial charge in [0, 0.05) is 12.6 Å². The molecular formula is C15H27F3N2O. The predicted molar refractivity (Wildman–Crippen MR) is 76.9 cm³/mol. The van der Waals surface area contributed by atoms with E-state index in [1.165, 1.54) is 0 Å². The highest BCUT2D eigenvalue weighted by Gasteiger charge is 2.42. The molecule has 0 aromatic rings. The molecule has 0 bridgehead atoms. The van der Waals surface area contributed by atoms with Crippen molar-refractivity contribution < 1.29 is 18.0 Å². The summed E-state index contributed by atoms with van der Waals surface area (Å²) in [5, 5.41) is 5.62. The molecule has 3 atom stereocenters. The Labute approximate surface area is 125 Å². The van der Waals surface area contributed by atoms with Crippen LogP contribution in [0.15, 0.2) is 0 Å². The van der Waals surface area contributed by atoms with Gasteiger partial charge in [0.05, 0.1) is 12.0 Å². The fraction of sp³-hybridized carbons (Fsp3) is 0.933. The number of carbonyl (C=O) groups excluding carboxylic acids is 1. The molecule has 0 aromatic carbocycles. The molecule has 1 amide bonds. The van der Waals surface area contributed by atoms with Crippen LogP contribution in [0.4, 0.5) is 13.2 Å². The number of nitrogens with one attached hydrogen (secondary N) is 2. The summed E-state index contributed by atoms with van der Waals surface area (Å²) in [5.41, 5.74) is 0. The maximum atomic E-state index is 12.5. The average Bonchev–Trinajstić information content (AvgIpc) is 2.37. The first-order chi connectivity index (χ1) is 9.70. The van der Waals surface area contributed by atoms with Crippen LogP contribution in [0.1, 0.15) is 52.9 Å². The number of amides is 1.